The van der Waals surface area contributed by atoms with Crippen LogP contribution in [0.4, 0.5) is 0 Å². The molecule has 0 aromatic rings. The van der Waals surface area contributed by atoms with Crippen LogP contribution in [0.5, 0.6) is 0 Å². The third kappa shape index (κ3) is 9.13. The molecule has 0 aromatic carbocycles. The third-order valence-electron chi connectivity index (χ3n) is 3.71. The maximum absolute atomic E-state index is 11.8. The van der Waals surface area contributed by atoms with E-state index in [4.69, 9.17) is 5.73 Å². The second-order valence-electron chi connectivity index (χ2n) is 5.82. The molecule has 0 fully saturated rings. The second-order valence-corrected chi connectivity index (χ2v) is 5.82. The molecule has 1 amide bonds. The largest absolute Gasteiger partial charge is 0.354 e. The van der Waals surface area contributed by atoms with Gasteiger partial charge in [-0.25, -0.2) is 0 Å². The molecule has 0 heterocycles. The van der Waals surface area contributed by atoms with Crippen LogP contribution in [0.25, 0.3) is 0 Å². The van der Waals surface area contributed by atoms with Crippen LogP contribution in [0, 0.1) is 5.92 Å². The molecule has 0 saturated heterocycles. The average molecular weight is 282 g/mol. The zero-order chi connectivity index (χ0) is 15.4. The molecule has 3 nitrogen and oxygen atoms in total. The molecule has 1 atom stereocenters. The lowest BCUT2D eigenvalue weighted by Gasteiger charge is -2.12. The summed E-state index contributed by atoms with van der Waals surface area (Å²) in [6.45, 7) is 9.47. The number of rotatable bonds is 11. The van der Waals surface area contributed by atoms with Crippen molar-refractivity contribution in [2.45, 2.75) is 78.7 Å². The first-order chi connectivity index (χ1) is 9.52. The van der Waals surface area contributed by atoms with Crippen molar-refractivity contribution in [2.24, 2.45) is 11.7 Å². The van der Waals surface area contributed by atoms with Gasteiger partial charge in [-0.2, -0.15) is 0 Å². The molecule has 0 aliphatic rings. The van der Waals surface area contributed by atoms with E-state index in [1.807, 2.05) is 0 Å². The van der Waals surface area contributed by atoms with Crippen LogP contribution >= 0.6 is 0 Å². The van der Waals surface area contributed by atoms with Gasteiger partial charge in [0.2, 0.25) is 5.91 Å². The number of hydrogen-bond donors (Lipinski definition) is 2. The summed E-state index contributed by atoms with van der Waals surface area (Å²) in [6, 6.07) is -0.341. The fourth-order valence-electron chi connectivity index (χ4n) is 2.29. The zero-order valence-corrected chi connectivity index (χ0v) is 13.9. The molecular formula is C17H34N2O. The van der Waals surface area contributed by atoms with Crippen LogP contribution < -0.4 is 11.1 Å². The van der Waals surface area contributed by atoms with E-state index in [9.17, 15) is 4.79 Å². The number of allylic oxidation sites excluding steroid dienone is 1. The summed E-state index contributed by atoms with van der Waals surface area (Å²) in [5.74, 6) is 0.592. The van der Waals surface area contributed by atoms with Crippen molar-refractivity contribution < 1.29 is 4.79 Å². The second kappa shape index (κ2) is 12.0. The SMILES string of the molecule is CCCCCCC(N)C(=O)NCCC=C(CC)C(C)C. The molecule has 20 heavy (non-hydrogen) atoms. The van der Waals surface area contributed by atoms with Crippen molar-refractivity contribution in [3.05, 3.63) is 11.6 Å². The number of hydrogen-bond acceptors (Lipinski definition) is 2. The Bertz CT molecular complexity index is 285. The minimum atomic E-state index is -0.341. The summed E-state index contributed by atoms with van der Waals surface area (Å²) in [7, 11) is 0. The number of nitrogens with two attached hydrogens (primary N) is 1. The molecule has 0 radical (unpaired) electrons. The Labute approximate surface area is 125 Å². The smallest absolute Gasteiger partial charge is 0.236 e. The lowest BCUT2D eigenvalue weighted by atomic mass is 10.00. The van der Waals surface area contributed by atoms with Crippen molar-refractivity contribution in [1.82, 2.24) is 5.32 Å². The third-order valence-corrected chi connectivity index (χ3v) is 3.71. The van der Waals surface area contributed by atoms with Gasteiger partial charge < -0.3 is 11.1 Å². The van der Waals surface area contributed by atoms with Crippen LogP contribution in [0.15, 0.2) is 11.6 Å². The van der Waals surface area contributed by atoms with Crippen LogP contribution in [0.1, 0.15) is 72.6 Å². The Morgan fingerprint density at radius 3 is 2.45 bits per heavy atom. The monoisotopic (exact) mass is 282 g/mol. The summed E-state index contributed by atoms with van der Waals surface area (Å²) in [5, 5.41) is 2.93. The Hall–Kier alpha value is -0.830. The van der Waals surface area contributed by atoms with E-state index in [0.29, 0.717) is 12.5 Å². The summed E-state index contributed by atoms with van der Waals surface area (Å²) in [4.78, 5) is 11.8. The average Bonchev–Trinajstić information content (AvgIpc) is 2.42. The number of carbonyl (C=O) groups excluding carboxylic acids is 1. The summed E-state index contributed by atoms with van der Waals surface area (Å²) in [5.41, 5.74) is 7.35. The highest BCUT2D eigenvalue weighted by molar-refractivity contribution is 5.81. The molecule has 0 aliphatic heterocycles. The maximum Gasteiger partial charge on any atom is 0.236 e. The van der Waals surface area contributed by atoms with Gasteiger partial charge >= 0.3 is 0 Å². The highest BCUT2D eigenvalue weighted by Crippen LogP contribution is 2.13. The van der Waals surface area contributed by atoms with E-state index < -0.39 is 0 Å². The van der Waals surface area contributed by atoms with E-state index in [2.05, 4.69) is 39.1 Å². The minimum Gasteiger partial charge on any atom is -0.354 e. The zero-order valence-electron chi connectivity index (χ0n) is 13.9. The van der Waals surface area contributed by atoms with Gasteiger partial charge in [0, 0.05) is 6.54 Å². The van der Waals surface area contributed by atoms with E-state index in [1.165, 1.54) is 24.8 Å². The van der Waals surface area contributed by atoms with E-state index in [-0.39, 0.29) is 11.9 Å². The van der Waals surface area contributed by atoms with Crippen LogP contribution in [-0.4, -0.2) is 18.5 Å². The van der Waals surface area contributed by atoms with Crippen molar-refractivity contribution in [1.29, 1.82) is 0 Å². The molecule has 0 rings (SSSR count). The molecule has 0 spiro atoms. The van der Waals surface area contributed by atoms with Gasteiger partial charge in [0.1, 0.15) is 0 Å². The molecule has 0 aliphatic carbocycles. The first kappa shape index (κ1) is 19.2. The molecule has 0 bridgehead atoms. The lowest BCUT2D eigenvalue weighted by molar-refractivity contribution is -0.122. The Morgan fingerprint density at radius 2 is 1.90 bits per heavy atom. The fourth-order valence-corrected chi connectivity index (χ4v) is 2.29. The number of amides is 1. The normalized spacial score (nSPS) is 13.6. The Balaban J connectivity index is 3.81. The van der Waals surface area contributed by atoms with Gasteiger partial charge in [-0.1, -0.05) is 65.0 Å². The Morgan fingerprint density at radius 1 is 1.20 bits per heavy atom. The van der Waals surface area contributed by atoms with Crippen molar-refractivity contribution in [3.63, 3.8) is 0 Å². The molecule has 0 aromatic heterocycles. The van der Waals surface area contributed by atoms with Gasteiger partial charge in [0.25, 0.3) is 0 Å². The highest BCUT2D eigenvalue weighted by Gasteiger charge is 2.11. The number of unbranched alkanes of at least 4 members (excludes halogenated alkanes) is 3. The van der Waals surface area contributed by atoms with Gasteiger partial charge in [-0.05, 0) is 25.2 Å². The predicted molar refractivity (Wildman–Crippen MR) is 87.6 cm³/mol. The molecule has 3 heteroatoms. The topological polar surface area (TPSA) is 55.1 Å². The maximum atomic E-state index is 11.8. The predicted octanol–water partition coefficient (Wildman–Crippen LogP) is 3.78. The molecular weight excluding hydrogens is 248 g/mol. The highest BCUT2D eigenvalue weighted by atomic mass is 16.2. The van der Waals surface area contributed by atoms with E-state index in [0.717, 1.165) is 25.7 Å². The van der Waals surface area contributed by atoms with E-state index in [1.54, 1.807) is 0 Å². The molecule has 3 N–H and O–H groups in total. The van der Waals surface area contributed by atoms with Crippen LogP contribution in [0.2, 0.25) is 0 Å². The fraction of sp³-hybridized carbons (Fsp3) is 0.824. The van der Waals surface area contributed by atoms with E-state index >= 15 is 0 Å². The number of carbonyl (C=O) groups is 1. The van der Waals surface area contributed by atoms with Crippen molar-refractivity contribution in [3.8, 4) is 0 Å². The summed E-state index contributed by atoms with van der Waals surface area (Å²) >= 11 is 0. The van der Waals surface area contributed by atoms with Crippen molar-refractivity contribution in [2.75, 3.05) is 6.54 Å². The van der Waals surface area contributed by atoms with Gasteiger partial charge in [-0.15, -0.1) is 0 Å². The lowest BCUT2D eigenvalue weighted by Crippen LogP contribution is -2.40. The summed E-state index contributed by atoms with van der Waals surface area (Å²) < 4.78 is 0. The van der Waals surface area contributed by atoms with Crippen LogP contribution in [-0.2, 0) is 4.79 Å². The quantitative estimate of drug-likeness (QED) is 0.447. The Kier molecular flexibility index (Phi) is 11.5. The van der Waals surface area contributed by atoms with Crippen molar-refractivity contribution >= 4 is 5.91 Å². The standard InChI is InChI=1S/C17H34N2O/c1-5-7-8-9-12-16(18)17(20)19-13-10-11-15(6-2)14(3)4/h11,14,16H,5-10,12-13,18H2,1-4H3,(H,19,20). The molecule has 118 valence electrons. The minimum absolute atomic E-state index is 0.00232. The van der Waals surface area contributed by atoms with Crippen LogP contribution in [0.3, 0.4) is 0 Å². The molecule has 0 saturated carbocycles. The van der Waals surface area contributed by atoms with Gasteiger partial charge in [0.05, 0.1) is 6.04 Å². The first-order valence-electron chi connectivity index (χ1n) is 8.25. The summed E-state index contributed by atoms with van der Waals surface area (Å²) in [6.07, 6.45) is 9.70. The first-order valence-corrected chi connectivity index (χ1v) is 8.25. The number of nitrogens with one attached hydrogen (secondary N) is 1. The van der Waals surface area contributed by atoms with Gasteiger partial charge in [-0.3, -0.25) is 4.79 Å². The molecule has 1 unspecified atom stereocenters. The van der Waals surface area contributed by atoms with Gasteiger partial charge in [0.15, 0.2) is 0 Å².